The molecule has 0 aliphatic carbocycles. The average Bonchev–Trinajstić information content (AvgIpc) is 3.13. The number of hydrogen-bond acceptors (Lipinski definition) is 4. The molecule has 1 saturated heterocycles. The molecule has 0 N–H and O–H groups in total. The van der Waals surface area contributed by atoms with Crippen molar-refractivity contribution in [2.24, 2.45) is 0 Å². The number of Topliss-reactive ketones (excluding diaryl/α,β-unsaturated/α-hetero) is 1. The highest BCUT2D eigenvalue weighted by Gasteiger charge is 2.33. The van der Waals surface area contributed by atoms with Crippen LogP contribution in [0.4, 0.5) is 13.2 Å². The molecule has 2 heterocycles. The third-order valence-corrected chi connectivity index (χ3v) is 6.04. The van der Waals surface area contributed by atoms with E-state index in [0.717, 1.165) is 24.3 Å². The van der Waals surface area contributed by atoms with Gasteiger partial charge in [0.1, 0.15) is 10.8 Å². The zero-order valence-electron chi connectivity index (χ0n) is 15.7. The van der Waals surface area contributed by atoms with Crippen molar-refractivity contribution in [2.75, 3.05) is 6.54 Å². The van der Waals surface area contributed by atoms with Crippen molar-refractivity contribution in [2.45, 2.75) is 58.8 Å². The smallest absolute Gasteiger partial charge is 0.300 e. The summed E-state index contributed by atoms with van der Waals surface area (Å²) in [4.78, 5) is 19.3. The van der Waals surface area contributed by atoms with E-state index in [0.29, 0.717) is 28.9 Å². The Balaban J connectivity index is 2.02. The highest BCUT2D eigenvalue weighted by atomic mass is 32.1. The summed E-state index contributed by atoms with van der Waals surface area (Å²) in [6.07, 6.45) is -1.94. The third-order valence-electron chi connectivity index (χ3n) is 5.00. The molecule has 0 bridgehead atoms. The number of aryl methyl sites for hydroxylation is 1. The van der Waals surface area contributed by atoms with Crippen molar-refractivity contribution < 1.29 is 18.0 Å². The van der Waals surface area contributed by atoms with Crippen LogP contribution in [0.25, 0.3) is 11.3 Å². The molecule has 7 heteroatoms. The summed E-state index contributed by atoms with van der Waals surface area (Å²) in [5.74, 6) is -0.00345. The molecular formula is C20H23F3N2OS. The molecule has 2 aromatic rings. The maximum Gasteiger partial charge on any atom is 0.416 e. The van der Waals surface area contributed by atoms with Gasteiger partial charge in [0, 0.05) is 23.0 Å². The monoisotopic (exact) mass is 396 g/mol. The topological polar surface area (TPSA) is 33.2 Å². The third kappa shape index (κ3) is 4.58. The van der Waals surface area contributed by atoms with E-state index in [9.17, 15) is 18.0 Å². The van der Waals surface area contributed by atoms with Crippen molar-refractivity contribution in [3.63, 3.8) is 0 Å². The lowest BCUT2D eigenvalue weighted by Gasteiger charge is -2.20. The second-order valence-electron chi connectivity index (χ2n) is 7.25. The molecule has 3 nitrogen and oxygen atoms in total. The lowest BCUT2D eigenvalue weighted by atomic mass is 10.0. The van der Waals surface area contributed by atoms with Crippen molar-refractivity contribution in [3.8, 4) is 11.3 Å². The Morgan fingerprint density at radius 1 is 1.37 bits per heavy atom. The largest absolute Gasteiger partial charge is 0.416 e. The van der Waals surface area contributed by atoms with Gasteiger partial charge in [-0.15, -0.1) is 11.3 Å². The molecule has 0 radical (unpaired) electrons. The molecule has 1 aliphatic heterocycles. The fourth-order valence-electron chi connectivity index (χ4n) is 3.51. The standard InChI is InChI=1S/C20H23F3N2OS/c1-12-6-7-15(10-16(12)20(21,22)23)19-17(11-25-8-4-5-13(25)2)27-18(24-19)9-14(3)26/h6-7,10,13H,4-5,8-9,11H2,1-3H3/t13-/m1/s1. The van der Waals surface area contributed by atoms with E-state index in [1.807, 2.05) is 0 Å². The first kappa shape index (κ1) is 20.0. The van der Waals surface area contributed by atoms with Gasteiger partial charge in [-0.05, 0) is 51.8 Å². The number of carbonyl (C=O) groups is 1. The summed E-state index contributed by atoms with van der Waals surface area (Å²) in [6, 6.07) is 4.80. The second kappa shape index (κ2) is 7.72. The van der Waals surface area contributed by atoms with Crippen molar-refractivity contribution in [3.05, 3.63) is 39.2 Å². The first-order valence-corrected chi connectivity index (χ1v) is 9.87. The number of halogens is 3. The van der Waals surface area contributed by atoms with Crippen molar-refractivity contribution >= 4 is 17.1 Å². The van der Waals surface area contributed by atoms with Gasteiger partial charge in [-0.3, -0.25) is 9.69 Å². The summed E-state index contributed by atoms with van der Waals surface area (Å²) in [7, 11) is 0. The number of nitrogens with zero attached hydrogens (tertiary/aromatic N) is 2. The average molecular weight is 396 g/mol. The maximum absolute atomic E-state index is 13.3. The van der Waals surface area contributed by atoms with Crippen LogP contribution in [0, 0.1) is 6.92 Å². The van der Waals surface area contributed by atoms with Crippen LogP contribution in [-0.2, 0) is 23.9 Å². The zero-order valence-corrected chi connectivity index (χ0v) is 16.5. The van der Waals surface area contributed by atoms with E-state index in [-0.39, 0.29) is 17.8 Å². The van der Waals surface area contributed by atoms with Crippen LogP contribution in [0.2, 0.25) is 0 Å². The predicted molar refractivity (Wildman–Crippen MR) is 101 cm³/mol. The fourth-order valence-corrected chi connectivity index (χ4v) is 4.70. The molecule has 0 unspecified atom stereocenters. The van der Waals surface area contributed by atoms with Crippen molar-refractivity contribution in [1.29, 1.82) is 0 Å². The molecule has 0 amide bonds. The summed E-state index contributed by atoms with van der Waals surface area (Å²) in [5, 5.41) is 0.661. The van der Waals surface area contributed by atoms with E-state index < -0.39 is 11.7 Å². The second-order valence-corrected chi connectivity index (χ2v) is 8.42. The van der Waals surface area contributed by atoms with Crippen LogP contribution >= 0.6 is 11.3 Å². The molecule has 0 spiro atoms. The lowest BCUT2D eigenvalue weighted by molar-refractivity contribution is -0.138. The normalized spacial score (nSPS) is 18.2. The Hall–Kier alpha value is -1.73. The van der Waals surface area contributed by atoms with Crippen LogP contribution in [0.15, 0.2) is 18.2 Å². The van der Waals surface area contributed by atoms with Crippen LogP contribution in [0.5, 0.6) is 0 Å². The molecule has 146 valence electrons. The Kier molecular flexibility index (Phi) is 5.72. The summed E-state index contributed by atoms with van der Waals surface area (Å²) < 4.78 is 40.0. The summed E-state index contributed by atoms with van der Waals surface area (Å²) in [5.41, 5.74) is 0.587. The van der Waals surface area contributed by atoms with Gasteiger partial charge in [0.05, 0.1) is 17.7 Å². The number of ketones is 1. The molecule has 1 aliphatic rings. The number of rotatable bonds is 5. The van der Waals surface area contributed by atoms with Gasteiger partial charge in [0.25, 0.3) is 0 Å². The Labute approximate surface area is 161 Å². The number of aromatic nitrogens is 1. The number of alkyl halides is 3. The number of thiazole rings is 1. The van der Waals surface area contributed by atoms with Gasteiger partial charge in [-0.2, -0.15) is 13.2 Å². The Morgan fingerprint density at radius 3 is 2.70 bits per heavy atom. The van der Waals surface area contributed by atoms with Gasteiger partial charge < -0.3 is 0 Å². The van der Waals surface area contributed by atoms with E-state index in [4.69, 9.17) is 0 Å². The minimum atomic E-state index is -4.40. The molecule has 27 heavy (non-hydrogen) atoms. The molecule has 0 saturated carbocycles. The van der Waals surface area contributed by atoms with Crippen LogP contribution in [-0.4, -0.2) is 28.3 Å². The predicted octanol–water partition coefficient (Wildman–Crippen LogP) is 5.25. The van der Waals surface area contributed by atoms with Crippen molar-refractivity contribution in [1.82, 2.24) is 9.88 Å². The van der Waals surface area contributed by atoms with Gasteiger partial charge in [-0.25, -0.2) is 4.98 Å². The quantitative estimate of drug-likeness (QED) is 0.692. The zero-order chi connectivity index (χ0) is 19.8. The first-order valence-electron chi connectivity index (χ1n) is 9.05. The van der Waals surface area contributed by atoms with Gasteiger partial charge in [0.15, 0.2) is 0 Å². The number of benzene rings is 1. The van der Waals surface area contributed by atoms with E-state index >= 15 is 0 Å². The minimum Gasteiger partial charge on any atom is -0.300 e. The van der Waals surface area contributed by atoms with Gasteiger partial charge >= 0.3 is 6.18 Å². The summed E-state index contributed by atoms with van der Waals surface area (Å²) in [6.45, 7) is 6.75. The van der Waals surface area contributed by atoms with E-state index in [1.54, 1.807) is 6.07 Å². The van der Waals surface area contributed by atoms with E-state index in [1.165, 1.54) is 37.3 Å². The Bertz CT molecular complexity index is 844. The van der Waals surface area contributed by atoms with Crippen LogP contribution in [0.3, 0.4) is 0 Å². The molecule has 3 rings (SSSR count). The highest BCUT2D eigenvalue weighted by Crippen LogP contribution is 2.37. The molecule has 1 fully saturated rings. The molecular weight excluding hydrogens is 373 g/mol. The maximum atomic E-state index is 13.3. The molecule has 1 aromatic carbocycles. The lowest BCUT2D eigenvalue weighted by Crippen LogP contribution is -2.25. The van der Waals surface area contributed by atoms with Crippen LogP contribution in [0.1, 0.15) is 47.7 Å². The minimum absolute atomic E-state index is 0.00345. The molecule has 1 aromatic heterocycles. The van der Waals surface area contributed by atoms with Gasteiger partial charge in [0.2, 0.25) is 0 Å². The molecule has 1 atom stereocenters. The van der Waals surface area contributed by atoms with Gasteiger partial charge in [-0.1, -0.05) is 12.1 Å². The summed E-state index contributed by atoms with van der Waals surface area (Å²) >= 11 is 1.43. The number of carbonyl (C=O) groups excluding carboxylic acids is 1. The number of likely N-dealkylation sites (tertiary alicyclic amines) is 1. The van der Waals surface area contributed by atoms with E-state index in [2.05, 4.69) is 16.8 Å². The van der Waals surface area contributed by atoms with Crippen LogP contribution < -0.4 is 0 Å². The SMILES string of the molecule is CC(=O)Cc1nc(-c2ccc(C)c(C(F)(F)F)c2)c(CN2CCC[C@H]2C)s1. The number of hydrogen-bond donors (Lipinski definition) is 0. The highest BCUT2D eigenvalue weighted by molar-refractivity contribution is 7.12. The fraction of sp³-hybridized carbons (Fsp3) is 0.500. The first-order chi connectivity index (χ1) is 12.6. The Morgan fingerprint density at radius 2 is 2.11 bits per heavy atom.